The Morgan fingerprint density at radius 1 is 1.43 bits per heavy atom. The van der Waals surface area contributed by atoms with Crippen molar-refractivity contribution in [2.24, 2.45) is 16.6 Å². The summed E-state index contributed by atoms with van der Waals surface area (Å²) in [5.74, 6) is 0.596. The molecule has 1 atom stereocenters. The molecule has 84 valence electrons. The zero-order valence-corrected chi connectivity index (χ0v) is 9.83. The summed E-state index contributed by atoms with van der Waals surface area (Å²) >= 11 is 0. The van der Waals surface area contributed by atoms with Crippen LogP contribution in [0, 0.1) is 5.92 Å². The van der Waals surface area contributed by atoms with Gasteiger partial charge in [0.15, 0.2) is 5.96 Å². The SMILES string of the molecule is CC(C)C(O)CN=C(N)NC(C)(C)C. The fourth-order valence-corrected chi connectivity index (χ4v) is 0.826. The summed E-state index contributed by atoms with van der Waals surface area (Å²) in [7, 11) is 0. The second-order valence-corrected chi connectivity index (χ2v) is 4.91. The van der Waals surface area contributed by atoms with Crippen LogP contribution in [0.3, 0.4) is 0 Å². The molecule has 0 spiro atoms. The molecule has 0 bridgehead atoms. The van der Waals surface area contributed by atoms with Crippen LogP contribution in [0.25, 0.3) is 0 Å². The van der Waals surface area contributed by atoms with Gasteiger partial charge in [0.1, 0.15) is 0 Å². The van der Waals surface area contributed by atoms with E-state index in [1.807, 2.05) is 34.6 Å². The smallest absolute Gasteiger partial charge is 0.189 e. The van der Waals surface area contributed by atoms with Crippen LogP contribution < -0.4 is 11.1 Å². The molecule has 0 fully saturated rings. The lowest BCUT2D eigenvalue weighted by Gasteiger charge is -2.21. The maximum absolute atomic E-state index is 9.48. The molecule has 4 N–H and O–H groups in total. The maximum atomic E-state index is 9.48. The molecule has 0 aliphatic heterocycles. The molecule has 0 aromatic rings. The van der Waals surface area contributed by atoms with E-state index < -0.39 is 6.10 Å². The molecule has 4 nitrogen and oxygen atoms in total. The lowest BCUT2D eigenvalue weighted by Crippen LogP contribution is -2.45. The highest BCUT2D eigenvalue weighted by Gasteiger charge is 2.11. The standard InChI is InChI=1S/C10H23N3O/c1-7(2)8(14)6-12-9(11)13-10(3,4)5/h7-8,14H,6H2,1-5H3,(H3,11,12,13). The predicted octanol–water partition coefficient (Wildman–Crippen LogP) is 0.706. The number of aliphatic imine (C=N–C) groups is 1. The molecule has 0 radical (unpaired) electrons. The van der Waals surface area contributed by atoms with Crippen molar-refractivity contribution in [3.63, 3.8) is 0 Å². The molecule has 0 rings (SSSR count). The van der Waals surface area contributed by atoms with Crippen LogP contribution in [0.4, 0.5) is 0 Å². The lowest BCUT2D eigenvalue weighted by molar-refractivity contribution is 0.134. The molecule has 0 saturated carbocycles. The van der Waals surface area contributed by atoms with E-state index in [-0.39, 0.29) is 11.5 Å². The zero-order valence-electron chi connectivity index (χ0n) is 9.83. The van der Waals surface area contributed by atoms with Gasteiger partial charge in [0.05, 0.1) is 12.6 Å². The Labute approximate surface area is 86.6 Å². The Kier molecular flexibility index (Phi) is 4.91. The first kappa shape index (κ1) is 13.2. The molecule has 14 heavy (non-hydrogen) atoms. The highest BCUT2D eigenvalue weighted by molar-refractivity contribution is 5.78. The van der Waals surface area contributed by atoms with Crippen molar-refractivity contribution in [2.75, 3.05) is 6.54 Å². The first-order valence-corrected chi connectivity index (χ1v) is 4.98. The lowest BCUT2D eigenvalue weighted by atomic mass is 10.1. The van der Waals surface area contributed by atoms with Crippen molar-refractivity contribution in [2.45, 2.75) is 46.3 Å². The minimum Gasteiger partial charge on any atom is -0.391 e. The summed E-state index contributed by atoms with van der Waals surface area (Å²) in [5.41, 5.74) is 5.55. The number of hydrogen-bond donors (Lipinski definition) is 3. The van der Waals surface area contributed by atoms with Gasteiger partial charge in [-0.2, -0.15) is 0 Å². The maximum Gasteiger partial charge on any atom is 0.189 e. The van der Waals surface area contributed by atoms with E-state index in [9.17, 15) is 5.11 Å². The molecule has 0 aliphatic carbocycles. The molecular weight excluding hydrogens is 178 g/mol. The van der Waals surface area contributed by atoms with Gasteiger partial charge in [-0.3, -0.25) is 4.99 Å². The van der Waals surface area contributed by atoms with Crippen LogP contribution >= 0.6 is 0 Å². The van der Waals surface area contributed by atoms with Gasteiger partial charge in [-0.1, -0.05) is 13.8 Å². The van der Waals surface area contributed by atoms with Gasteiger partial charge in [-0.25, -0.2) is 0 Å². The second-order valence-electron chi connectivity index (χ2n) is 4.91. The number of aliphatic hydroxyl groups excluding tert-OH is 1. The largest absolute Gasteiger partial charge is 0.391 e. The van der Waals surface area contributed by atoms with Crippen molar-refractivity contribution >= 4 is 5.96 Å². The van der Waals surface area contributed by atoms with E-state index >= 15 is 0 Å². The van der Waals surface area contributed by atoms with Gasteiger partial charge in [0.2, 0.25) is 0 Å². The minimum atomic E-state index is -0.421. The number of nitrogens with zero attached hydrogens (tertiary/aromatic N) is 1. The Morgan fingerprint density at radius 3 is 2.29 bits per heavy atom. The molecule has 4 heteroatoms. The third-order valence-corrected chi connectivity index (χ3v) is 1.72. The van der Waals surface area contributed by atoms with Crippen molar-refractivity contribution in [3.05, 3.63) is 0 Å². The van der Waals surface area contributed by atoms with Crippen LogP contribution in [0.15, 0.2) is 4.99 Å². The normalized spacial score (nSPS) is 15.8. The van der Waals surface area contributed by atoms with Crippen molar-refractivity contribution in [1.29, 1.82) is 0 Å². The molecular formula is C10H23N3O. The number of guanidine groups is 1. The van der Waals surface area contributed by atoms with Gasteiger partial charge < -0.3 is 16.2 Å². The van der Waals surface area contributed by atoms with E-state index in [0.717, 1.165) is 0 Å². The Bertz CT molecular complexity index is 194. The summed E-state index contributed by atoms with van der Waals surface area (Å²) in [6, 6.07) is 0. The predicted molar refractivity (Wildman–Crippen MR) is 60.2 cm³/mol. The average molecular weight is 201 g/mol. The third kappa shape index (κ3) is 6.71. The van der Waals surface area contributed by atoms with Gasteiger partial charge >= 0.3 is 0 Å². The molecule has 0 heterocycles. The summed E-state index contributed by atoms with van der Waals surface area (Å²) in [6.07, 6.45) is -0.421. The summed E-state index contributed by atoms with van der Waals surface area (Å²) in [5, 5.41) is 12.5. The van der Waals surface area contributed by atoms with Crippen LogP contribution in [0.1, 0.15) is 34.6 Å². The van der Waals surface area contributed by atoms with Gasteiger partial charge in [0, 0.05) is 5.54 Å². The van der Waals surface area contributed by atoms with Crippen LogP contribution in [0.2, 0.25) is 0 Å². The number of nitrogens with two attached hydrogens (primary N) is 1. The topological polar surface area (TPSA) is 70.6 Å². The van der Waals surface area contributed by atoms with Crippen molar-refractivity contribution in [1.82, 2.24) is 5.32 Å². The molecule has 0 aromatic carbocycles. The van der Waals surface area contributed by atoms with E-state index in [1.54, 1.807) is 0 Å². The highest BCUT2D eigenvalue weighted by Crippen LogP contribution is 2.01. The van der Waals surface area contributed by atoms with E-state index in [1.165, 1.54) is 0 Å². The first-order chi connectivity index (χ1) is 6.22. The van der Waals surface area contributed by atoms with Crippen molar-refractivity contribution < 1.29 is 5.11 Å². The second kappa shape index (κ2) is 5.20. The van der Waals surface area contributed by atoms with Crippen LogP contribution in [-0.4, -0.2) is 29.3 Å². The van der Waals surface area contributed by atoms with Gasteiger partial charge in [0.25, 0.3) is 0 Å². The number of rotatable bonds is 3. The van der Waals surface area contributed by atoms with Crippen LogP contribution in [0.5, 0.6) is 0 Å². The molecule has 1 unspecified atom stereocenters. The Balaban J connectivity index is 4.00. The summed E-state index contributed by atoms with van der Waals surface area (Å²) in [6.45, 7) is 10.3. The molecule has 0 aromatic heterocycles. The molecule has 0 amide bonds. The zero-order chi connectivity index (χ0) is 11.4. The minimum absolute atomic E-state index is 0.0869. The van der Waals surface area contributed by atoms with Crippen molar-refractivity contribution in [3.8, 4) is 0 Å². The Hall–Kier alpha value is -0.770. The third-order valence-electron chi connectivity index (χ3n) is 1.72. The van der Waals surface area contributed by atoms with Crippen LogP contribution in [-0.2, 0) is 0 Å². The van der Waals surface area contributed by atoms with E-state index in [0.29, 0.717) is 12.5 Å². The fourth-order valence-electron chi connectivity index (χ4n) is 0.826. The monoisotopic (exact) mass is 201 g/mol. The van der Waals surface area contributed by atoms with Gasteiger partial charge in [-0.15, -0.1) is 0 Å². The molecule has 0 aliphatic rings. The molecule has 0 saturated heterocycles. The quantitative estimate of drug-likeness (QED) is 0.465. The highest BCUT2D eigenvalue weighted by atomic mass is 16.3. The van der Waals surface area contributed by atoms with E-state index in [2.05, 4.69) is 10.3 Å². The number of hydrogen-bond acceptors (Lipinski definition) is 2. The number of aliphatic hydroxyl groups is 1. The average Bonchev–Trinajstić information content (AvgIpc) is 1.96. The number of nitrogens with one attached hydrogen (secondary N) is 1. The van der Waals surface area contributed by atoms with E-state index in [4.69, 9.17) is 5.73 Å². The first-order valence-electron chi connectivity index (χ1n) is 4.98. The summed E-state index contributed by atoms with van der Waals surface area (Å²) in [4.78, 5) is 4.06. The summed E-state index contributed by atoms with van der Waals surface area (Å²) < 4.78 is 0. The fraction of sp³-hybridized carbons (Fsp3) is 0.900. The van der Waals surface area contributed by atoms with Gasteiger partial charge in [-0.05, 0) is 26.7 Å². The Morgan fingerprint density at radius 2 is 1.93 bits per heavy atom.